The molecule has 0 saturated heterocycles. The van der Waals surface area contributed by atoms with Crippen LogP contribution in [0.1, 0.15) is 5.56 Å². The number of anilines is 2. The number of nitrogen functional groups attached to an aromatic ring is 2. The molecule has 0 fully saturated rings. The lowest BCUT2D eigenvalue weighted by molar-refractivity contribution is 0.308. The van der Waals surface area contributed by atoms with E-state index in [-0.39, 0.29) is 0 Å². The standard InChI is InChI=1S/C19H18N2O/c20-16-9-4-8-15(12-16)17-10-5-11-18(19(17)21)22-13-14-6-2-1-3-7-14/h1-12H,13,20-21H2. The second-order valence-corrected chi connectivity index (χ2v) is 5.12. The van der Waals surface area contributed by atoms with Gasteiger partial charge in [0, 0.05) is 11.3 Å². The molecule has 110 valence electrons. The molecule has 3 rings (SSSR count). The van der Waals surface area contributed by atoms with Crippen molar-refractivity contribution in [3.63, 3.8) is 0 Å². The second kappa shape index (κ2) is 6.22. The molecule has 3 aromatic rings. The first-order chi connectivity index (χ1) is 10.7. The maximum atomic E-state index is 6.26. The van der Waals surface area contributed by atoms with Gasteiger partial charge in [0.1, 0.15) is 12.4 Å². The van der Waals surface area contributed by atoms with Crippen LogP contribution in [0.25, 0.3) is 11.1 Å². The van der Waals surface area contributed by atoms with Crippen molar-refractivity contribution in [1.82, 2.24) is 0 Å². The third-order valence-electron chi connectivity index (χ3n) is 3.50. The average molecular weight is 290 g/mol. The van der Waals surface area contributed by atoms with Gasteiger partial charge >= 0.3 is 0 Å². The zero-order valence-corrected chi connectivity index (χ0v) is 12.2. The molecule has 3 heteroatoms. The van der Waals surface area contributed by atoms with Crippen LogP contribution in [0.2, 0.25) is 0 Å². The molecular weight excluding hydrogens is 272 g/mol. The summed E-state index contributed by atoms with van der Waals surface area (Å²) in [5, 5.41) is 0. The van der Waals surface area contributed by atoms with Crippen LogP contribution in [0.5, 0.6) is 5.75 Å². The van der Waals surface area contributed by atoms with Crippen LogP contribution in [0.3, 0.4) is 0 Å². The molecule has 0 unspecified atom stereocenters. The third kappa shape index (κ3) is 3.04. The van der Waals surface area contributed by atoms with E-state index in [4.69, 9.17) is 16.2 Å². The number of hydrogen-bond acceptors (Lipinski definition) is 3. The molecule has 0 bridgehead atoms. The van der Waals surface area contributed by atoms with Crippen molar-refractivity contribution in [2.24, 2.45) is 0 Å². The topological polar surface area (TPSA) is 61.3 Å². The summed E-state index contributed by atoms with van der Waals surface area (Å²) in [6, 6.07) is 23.5. The summed E-state index contributed by atoms with van der Waals surface area (Å²) in [5.41, 5.74) is 16.5. The lowest BCUT2D eigenvalue weighted by Gasteiger charge is -2.13. The molecule has 0 aliphatic carbocycles. The number of benzene rings is 3. The molecule has 0 heterocycles. The second-order valence-electron chi connectivity index (χ2n) is 5.12. The van der Waals surface area contributed by atoms with E-state index >= 15 is 0 Å². The molecule has 0 aromatic heterocycles. The van der Waals surface area contributed by atoms with Gasteiger partial charge in [-0.3, -0.25) is 0 Å². The summed E-state index contributed by atoms with van der Waals surface area (Å²) in [6.07, 6.45) is 0. The van der Waals surface area contributed by atoms with E-state index in [9.17, 15) is 0 Å². The first-order valence-corrected chi connectivity index (χ1v) is 7.15. The predicted octanol–water partition coefficient (Wildman–Crippen LogP) is 4.10. The molecule has 0 amide bonds. The molecular formula is C19H18N2O. The van der Waals surface area contributed by atoms with Crippen molar-refractivity contribution >= 4 is 11.4 Å². The first kappa shape index (κ1) is 14.0. The summed E-state index contributed by atoms with van der Waals surface area (Å²) < 4.78 is 5.86. The van der Waals surface area contributed by atoms with Crippen molar-refractivity contribution in [3.05, 3.63) is 78.4 Å². The van der Waals surface area contributed by atoms with Gasteiger partial charge in [0.2, 0.25) is 0 Å². The zero-order chi connectivity index (χ0) is 15.4. The molecule has 0 aliphatic heterocycles. The van der Waals surface area contributed by atoms with E-state index in [1.807, 2.05) is 72.8 Å². The Morgan fingerprint density at radius 1 is 0.773 bits per heavy atom. The summed E-state index contributed by atoms with van der Waals surface area (Å²) in [5.74, 6) is 0.684. The van der Waals surface area contributed by atoms with Gasteiger partial charge in [-0.25, -0.2) is 0 Å². The van der Waals surface area contributed by atoms with Crippen molar-refractivity contribution in [3.8, 4) is 16.9 Å². The van der Waals surface area contributed by atoms with Gasteiger partial charge in [-0.1, -0.05) is 54.6 Å². The molecule has 0 radical (unpaired) electrons. The fourth-order valence-electron chi connectivity index (χ4n) is 2.36. The largest absolute Gasteiger partial charge is 0.487 e. The Morgan fingerprint density at radius 2 is 1.55 bits per heavy atom. The van der Waals surface area contributed by atoms with Gasteiger partial charge in [-0.05, 0) is 29.3 Å². The van der Waals surface area contributed by atoms with Gasteiger partial charge in [0.05, 0.1) is 5.69 Å². The molecule has 22 heavy (non-hydrogen) atoms. The van der Waals surface area contributed by atoms with Crippen molar-refractivity contribution in [2.45, 2.75) is 6.61 Å². The smallest absolute Gasteiger partial charge is 0.143 e. The van der Waals surface area contributed by atoms with Gasteiger partial charge in [-0.15, -0.1) is 0 Å². The highest BCUT2D eigenvalue weighted by Gasteiger charge is 2.08. The van der Waals surface area contributed by atoms with E-state index in [0.29, 0.717) is 23.7 Å². The minimum Gasteiger partial charge on any atom is -0.487 e. The summed E-state index contributed by atoms with van der Waals surface area (Å²) >= 11 is 0. The van der Waals surface area contributed by atoms with E-state index in [1.54, 1.807) is 0 Å². The van der Waals surface area contributed by atoms with Crippen molar-refractivity contribution in [1.29, 1.82) is 0 Å². The molecule has 3 aromatic carbocycles. The molecule has 3 nitrogen and oxygen atoms in total. The summed E-state index contributed by atoms with van der Waals surface area (Å²) in [7, 11) is 0. The lowest BCUT2D eigenvalue weighted by atomic mass is 10.0. The molecule has 0 saturated carbocycles. The van der Waals surface area contributed by atoms with Gasteiger partial charge in [-0.2, -0.15) is 0 Å². The molecule has 0 aliphatic rings. The van der Waals surface area contributed by atoms with Crippen molar-refractivity contribution in [2.75, 3.05) is 11.5 Å². The zero-order valence-electron chi connectivity index (χ0n) is 12.2. The normalized spacial score (nSPS) is 10.4. The highest BCUT2D eigenvalue weighted by Crippen LogP contribution is 2.34. The van der Waals surface area contributed by atoms with Crippen LogP contribution in [0.15, 0.2) is 72.8 Å². The van der Waals surface area contributed by atoms with E-state index in [0.717, 1.165) is 16.7 Å². The fraction of sp³-hybridized carbons (Fsp3) is 0.0526. The highest BCUT2D eigenvalue weighted by molar-refractivity contribution is 5.81. The van der Waals surface area contributed by atoms with E-state index in [1.165, 1.54) is 0 Å². The number of rotatable bonds is 4. The van der Waals surface area contributed by atoms with Crippen LogP contribution in [-0.4, -0.2) is 0 Å². The predicted molar refractivity (Wildman–Crippen MR) is 91.5 cm³/mol. The molecule has 0 spiro atoms. The molecule has 4 N–H and O–H groups in total. The van der Waals surface area contributed by atoms with Crippen LogP contribution in [-0.2, 0) is 6.61 Å². The summed E-state index contributed by atoms with van der Waals surface area (Å²) in [6.45, 7) is 0.491. The Kier molecular flexibility index (Phi) is 3.97. The maximum absolute atomic E-state index is 6.26. The quantitative estimate of drug-likeness (QED) is 0.711. The van der Waals surface area contributed by atoms with E-state index in [2.05, 4.69) is 0 Å². The minimum absolute atomic E-state index is 0.491. The van der Waals surface area contributed by atoms with Crippen LogP contribution in [0.4, 0.5) is 11.4 Å². The van der Waals surface area contributed by atoms with Gasteiger partial charge in [0.15, 0.2) is 0 Å². The SMILES string of the molecule is Nc1cccc(-c2cccc(OCc3ccccc3)c2N)c1. The number of nitrogens with two attached hydrogens (primary N) is 2. The monoisotopic (exact) mass is 290 g/mol. The minimum atomic E-state index is 0.491. The van der Waals surface area contributed by atoms with E-state index < -0.39 is 0 Å². The Hall–Kier alpha value is -2.94. The lowest BCUT2D eigenvalue weighted by Crippen LogP contribution is -2.00. The van der Waals surface area contributed by atoms with Gasteiger partial charge < -0.3 is 16.2 Å². The van der Waals surface area contributed by atoms with Crippen LogP contribution < -0.4 is 16.2 Å². The van der Waals surface area contributed by atoms with Crippen molar-refractivity contribution < 1.29 is 4.74 Å². The summed E-state index contributed by atoms with van der Waals surface area (Å²) in [4.78, 5) is 0. The van der Waals surface area contributed by atoms with Crippen LogP contribution in [0, 0.1) is 0 Å². The number of ether oxygens (including phenoxy) is 1. The number of para-hydroxylation sites is 1. The first-order valence-electron chi connectivity index (χ1n) is 7.15. The third-order valence-corrected chi connectivity index (χ3v) is 3.50. The Morgan fingerprint density at radius 3 is 2.32 bits per heavy atom. The Bertz CT molecular complexity index is 769. The highest BCUT2D eigenvalue weighted by atomic mass is 16.5. The Labute approximate surface area is 130 Å². The Balaban J connectivity index is 1.86. The number of hydrogen-bond donors (Lipinski definition) is 2. The van der Waals surface area contributed by atoms with Gasteiger partial charge in [0.25, 0.3) is 0 Å². The average Bonchev–Trinajstić information content (AvgIpc) is 2.55. The maximum Gasteiger partial charge on any atom is 0.143 e. The fourth-order valence-corrected chi connectivity index (χ4v) is 2.36. The molecule has 0 atom stereocenters. The van der Waals surface area contributed by atoms with Crippen LogP contribution >= 0.6 is 0 Å².